The molecule has 3 fully saturated rings. The van der Waals surface area contributed by atoms with Crippen LogP contribution in [0.5, 0.6) is 0 Å². The largest absolute Gasteiger partial charge is 0.383 e. The van der Waals surface area contributed by atoms with Crippen molar-refractivity contribution in [3.63, 3.8) is 0 Å². The monoisotopic (exact) mass is 309 g/mol. The van der Waals surface area contributed by atoms with Crippen molar-refractivity contribution in [1.82, 2.24) is 15.5 Å². The van der Waals surface area contributed by atoms with E-state index < -0.39 is 0 Å². The number of rotatable bonds is 5. The number of likely N-dealkylation sites (tertiary alicyclic amines) is 1. The van der Waals surface area contributed by atoms with Crippen LogP contribution < -0.4 is 10.6 Å². The summed E-state index contributed by atoms with van der Waals surface area (Å²) in [5.41, 5.74) is 0.624. The molecule has 5 heteroatoms. The lowest BCUT2D eigenvalue weighted by Gasteiger charge is -2.43. The van der Waals surface area contributed by atoms with Gasteiger partial charge in [-0.2, -0.15) is 0 Å². The maximum absolute atomic E-state index is 12.0. The predicted octanol–water partition coefficient (Wildman–Crippen LogP) is 1.14. The number of piperidine rings is 1. The van der Waals surface area contributed by atoms with E-state index in [2.05, 4.69) is 10.6 Å². The zero-order valence-electron chi connectivity index (χ0n) is 13.9. The van der Waals surface area contributed by atoms with Crippen LogP contribution in [0, 0.1) is 5.41 Å². The molecule has 22 heavy (non-hydrogen) atoms. The van der Waals surface area contributed by atoms with E-state index in [1.807, 2.05) is 4.90 Å². The number of hydrogen-bond acceptors (Lipinski definition) is 4. The van der Waals surface area contributed by atoms with E-state index in [-0.39, 0.29) is 5.91 Å². The lowest BCUT2D eigenvalue weighted by molar-refractivity contribution is -0.128. The second-order valence-corrected chi connectivity index (χ2v) is 7.42. The summed E-state index contributed by atoms with van der Waals surface area (Å²) >= 11 is 0. The van der Waals surface area contributed by atoms with Gasteiger partial charge in [0, 0.05) is 38.7 Å². The first kappa shape index (κ1) is 16.2. The Balaban J connectivity index is 1.42. The van der Waals surface area contributed by atoms with Gasteiger partial charge >= 0.3 is 0 Å². The fourth-order valence-corrected chi connectivity index (χ4v) is 4.49. The molecular weight excluding hydrogens is 278 g/mol. The molecule has 126 valence electrons. The van der Waals surface area contributed by atoms with Crippen LogP contribution in [0.15, 0.2) is 0 Å². The number of nitrogens with one attached hydrogen (secondary N) is 2. The molecule has 2 aliphatic heterocycles. The number of hydrogen-bond donors (Lipinski definition) is 2. The Hall–Kier alpha value is -0.650. The normalized spacial score (nSPS) is 29.4. The minimum Gasteiger partial charge on any atom is -0.383 e. The number of carbonyl (C=O) groups excluding carboxylic acids is 1. The van der Waals surface area contributed by atoms with Crippen molar-refractivity contribution in [3.8, 4) is 0 Å². The first-order chi connectivity index (χ1) is 10.7. The number of methoxy groups -OCH3 is 1. The summed E-state index contributed by atoms with van der Waals surface area (Å²) in [5.74, 6) is 0.278. The minimum absolute atomic E-state index is 0.278. The molecule has 5 nitrogen and oxygen atoms in total. The van der Waals surface area contributed by atoms with E-state index in [1.165, 1.54) is 51.6 Å². The highest BCUT2D eigenvalue weighted by Gasteiger charge is 2.37. The lowest BCUT2D eigenvalue weighted by atomic mass is 9.67. The second kappa shape index (κ2) is 7.28. The molecule has 1 saturated carbocycles. The highest BCUT2D eigenvalue weighted by atomic mass is 16.5. The Morgan fingerprint density at radius 3 is 2.64 bits per heavy atom. The first-order valence-electron chi connectivity index (χ1n) is 8.94. The number of ether oxygens (including phenoxy) is 1. The van der Waals surface area contributed by atoms with Crippen LogP contribution in [0.2, 0.25) is 0 Å². The molecule has 0 aromatic carbocycles. The van der Waals surface area contributed by atoms with Crippen LogP contribution in [0.4, 0.5) is 0 Å². The van der Waals surface area contributed by atoms with Crippen molar-refractivity contribution in [1.29, 1.82) is 0 Å². The van der Waals surface area contributed by atoms with Gasteiger partial charge in [-0.3, -0.25) is 4.79 Å². The molecule has 1 aliphatic carbocycles. The Kier molecular flexibility index (Phi) is 5.37. The molecule has 3 rings (SSSR count). The predicted molar refractivity (Wildman–Crippen MR) is 86.8 cm³/mol. The Labute approximate surface area is 134 Å². The number of nitrogens with zero attached hydrogens (tertiary/aromatic N) is 1. The summed E-state index contributed by atoms with van der Waals surface area (Å²) in [6.07, 6.45) is 8.65. The summed E-state index contributed by atoms with van der Waals surface area (Å²) in [7, 11) is 1.69. The maximum atomic E-state index is 12.0. The van der Waals surface area contributed by atoms with Crippen LogP contribution in [0.25, 0.3) is 0 Å². The van der Waals surface area contributed by atoms with Crippen LogP contribution in [-0.2, 0) is 9.53 Å². The van der Waals surface area contributed by atoms with Gasteiger partial charge in [-0.25, -0.2) is 0 Å². The SMILES string of the molecule is COCCN1CC(NC2CCC3(CCNCC3)CC2)CC1=O. The number of amides is 1. The zero-order chi connectivity index (χ0) is 15.4. The standard InChI is InChI=1S/C17H31N3O2/c1-22-11-10-20-13-15(12-16(20)21)19-14-2-4-17(5-3-14)6-8-18-9-7-17/h14-15,18-19H,2-13H2,1H3. The van der Waals surface area contributed by atoms with Crippen LogP contribution in [0.3, 0.4) is 0 Å². The quantitative estimate of drug-likeness (QED) is 0.799. The summed E-state index contributed by atoms with van der Waals surface area (Å²) in [4.78, 5) is 13.9. The van der Waals surface area contributed by atoms with Crippen molar-refractivity contribution in [2.45, 2.75) is 57.0 Å². The van der Waals surface area contributed by atoms with Crippen LogP contribution in [0.1, 0.15) is 44.9 Å². The third kappa shape index (κ3) is 3.81. The van der Waals surface area contributed by atoms with Crippen LogP contribution in [-0.4, -0.2) is 62.8 Å². The summed E-state index contributed by atoms with van der Waals surface area (Å²) < 4.78 is 5.08. The molecule has 3 aliphatic rings. The maximum Gasteiger partial charge on any atom is 0.224 e. The molecule has 1 atom stereocenters. The molecule has 0 aromatic heterocycles. The summed E-state index contributed by atoms with van der Waals surface area (Å²) in [5, 5.41) is 7.24. The molecule has 1 unspecified atom stereocenters. The fourth-order valence-electron chi connectivity index (χ4n) is 4.49. The molecule has 2 saturated heterocycles. The van der Waals surface area contributed by atoms with E-state index in [9.17, 15) is 4.79 Å². The smallest absolute Gasteiger partial charge is 0.224 e. The van der Waals surface area contributed by atoms with Crippen molar-refractivity contribution in [2.75, 3.05) is 39.9 Å². The third-order valence-electron chi connectivity index (χ3n) is 5.96. The van der Waals surface area contributed by atoms with Gasteiger partial charge in [0.15, 0.2) is 0 Å². The minimum atomic E-state index is 0.278. The Morgan fingerprint density at radius 2 is 1.95 bits per heavy atom. The molecule has 2 N–H and O–H groups in total. The highest BCUT2D eigenvalue weighted by Crippen LogP contribution is 2.43. The van der Waals surface area contributed by atoms with Gasteiger partial charge in [0.1, 0.15) is 0 Å². The highest BCUT2D eigenvalue weighted by molar-refractivity contribution is 5.79. The van der Waals surface area contributed by atoms with E-state index in [0.29, 0.717) is 30.5 Å². The van der Waals surface area contributed by atoms with Gasteiger partial charge in [0.05, 0.1) is 6.61 Å². The van der Waals surface area contributed by atoms with Crippen LogP contribution >= 0.6 is 0 Å². The third-order valence-corrected chi connectivity index (χ3v) is 5.96. The van der Waals surface area contributed by atoms with Gasteiger partial charge in [-0.05, 0) is 57.0 Å². The summed E-state index contributed by atoms with van der Waals surface area (Å²) in [6.45, 7) is 4.62. The summed E-state index contributed by atoms with van der Waals surface area (Å²) in [6, 6.07) is 0.956. The van der Waals surface area contributed by atoms with Crippen molar-refractivity contribution >= 4 is 5.91 Å². The van der Waals surface area contributed by atoms with Gasteiger partial charge in [0.2, 0.25) is 5.91 Å². The zero-order valence-corrected chi connectivity index (χ0v) is 13.9. The molecular formula is C17H31N3O2. The average Bonchev–Trinajstić information content (AvgIpc) is 2.88. The second-order valence-electron chi connectivity index (χ2n) is 7.42. The molecule has 0 aromatic rings. The fraction of sp³-hybridized carbons (Fsp3) is 0.941. The Morgan fingerprint density at radius 1 is 1.23 bits per heavy atom. The molecule has 0 radical (unpaired) electrons. The van der Waals surface area contributed by atoms with Gasteiger partial charge < -0.3 is 20.3 Å². The van der Waals surface area contributed by atoms with E-state index in [0.717, 1.165) is 13.1 Å². The van der Waals surface area contributed by atoms with Gasteiger partial charge in [-0.1, -0.05) is 0 Å². The van der Waals surface area contributed by atoms with Crippen molar-refractivity contribution in [2.24, 2.45) is 5.41 Å². The molecule has 2 heterocycles. The average molecular weight is 309 g/mol. The van der Waals surface area contributed by atoms with E-state index in [1.54, 1.807) is 7.11 Å². The topological polar surface area (TPSA) is 53.6 Å². The van der Waals surface area contributed by atoms with Gasteiger partial charge in [-0.15, -0.1) is 0 Å². The van der Waals surface area contributed by atoms with Gasteiger partial charge in [0.25, 0.3) is 0 Å². The van der Waals surface area contributed by atoms with E-state index in [4.69, 9.17) is 4.74 Å². The molecule has 1 spiro atoms. The molecule has 0 bridgehead atoms. The lowest BCUT2D eigenvalue weighted by Crippen LogP contribution is -2.46. The van der Waals surface area contributed by atoms with Crippen molar-refractivity contribution < 1.29 is 9.53 Å². The first-order valence-corrected chi connectivity index (χ1v) is 8.94. The Bertz CT molecular complexity index is 372. The van der Waals surface area contributed by atoms with E-state index >= 15 is 0 Å². The molecule has 1 amide bonds. The van der Waals surface area contributed by atoms with Crippen molar-refractivity contribution in [3.05, 3.63) is 0 Å². The number of carbonyl (C=O) groups is 1.